The van der Waals surface area contributed by atoms with Gasteiger partial charge in [-0.3, -0.25) is 4.79 Å². The highest BCUT2D eigenvalue weighted by Crippen LogP contribution is 2.23. The molecule has 12 heavy (non-hydrogen) atoms. The van der Waals surface area contributed by atoms with Crippen molar-refractivity contribution in [3.8, 4) is 0 Å². The molecule has 1 aliphatic heterocycles. The van der Waals surface area contributed by atoms with E-state index in [0.717, 1.165) is 25.2 Å². The van der Waals surface area contributed by atoms with Crippen molar-refractivity contribution in [3.63, 3.8) is 0 Å². The summed E-state index contributed by atoms with van der Waals surface area (Å²) in [5.41, 5.74) is 1.07. The van der Waals surface area contributed by atoms with Gasteiger partial charge in [0.15, 0.2) is 0 Å². The first-order chi connectivity index (χ1) is 5.86. The molecule has 2 heterocycles. The number of aromatic nitrogens is 1. The van der Waals surface area contributed by atoms with Gasteiger partial charge in [-0.1, -0.05) is 0 Å². The van der Waals surface area contributed by atoms with Crippen molar-refractivity contribution in [1.29, 1.82) is 0 Å². The highest BCUT2D eigenvalue weighted by Gasteiger charge is 2.17. The molecular formula is C9H11NO2. The number of pyridine rings is 1. The summed E-state index contributed by atoms with van der Waals surface area (Å²) in [6, 6.07) is 3.60. The standard InChI is InChI=1S/C9H11NO2/c11-9-5-7(1-3-10-9)8-2-4-12-6-8/h1,3,5,8H,2,4,6H2,(H,10,11). The zero-order valence-electron chi connectivity index (χ0n) is 6.75. The van der Waals surface area contributed by atoms with E-state index in [4.69, 9.17) is 4.74 Å². The molecule has 1 saturated heterocycles. The zero-order valence-corrected chi connectivity index (χ0v) is 6.75. The molecule has 0 aromatic carbocycles. The minimum Gasteiger partial charge on any atom is -0.381 e. The molecule has 1 aliphatic rings. The van der Waals surface area contributed by atoms with E-state index in [-0.39, 0.29) is 5.56 Å². The Hall–Kier alpha value is -1.09. The molecule has 0 spiro atoms. The van der Waals surface area contributed by atoms with E-state index < -0.39 is 0 Å². The number of aromatic amines is 1. The summed E-state index contributed by atoms with van der Waals surface area (Å²) in [6.07, 6.45) is 2.72. The predicted octanol–water partition coefficient (Wildman–Crippen LogP) is 0.879. The van der Waals surface area contributed by atoms with Gasteiger partial charge < -0.3 is 9.72 Å². The van der Waals surface area contributed by atoms with Gasteiger partial charge in [-0.2, -0.15) is 0 Å². The second kappa shape index (κ2) is 3.11. The van der Waals surface area contributed by atoms with E-state index in [0.29, 0.717) is 5.92 Å². The first kappa shape index (κ1) is 7.55. The lowest BCUT2D eigenvalue weighted by Gasteiger charge is -2.05. The molecule has 1 unspecified atom stereocenters. The molecule has 1 aromatic rings. The van der Waals surface area contributed by atoms with E-state index in [2.05, 4.69) is 4.98 Å². The lowest BCUT2D eigenvalue weighted by atomic mass is 10.0. The molecule has 64 valence electrons. The Labute approximate surface area is 70.4 Å². The molecule has 0 aliphatic carbocycles. The molecule has 3 nitrogen and oxygen atoms in total. The minimum absolute atomic E-state index is 0.0283. The number of nitrogens with one attached hydrogen (secondary N) is 1. The Bertz CT molecular complexity index is 312. The van der Waals surface area contributed by atoms with Gasteiger partial charge in [0.05, 0.1) is 6.61 Å². The van der Waals surface area contributed by atoms with Crippen LogP contribution in [0.3, 0.4) is 0 Å². The lowest BCUT2D eigenvalue weighted by Crippen LogP contribution is -2.07. The molecule has 0 amide bonds. The average Bonchev–Trinajstić information content (AvgIpc) is 2.56. The van der Waals surface area contributed by atoms with Gasteiger partial charge in [0.1, 0.15) is 0 Å². The zero-order chi connectivity index (χ0) is 8.39. The van der Waals surface area contributed by atoms with Crippen LogP contribution in [0.2, 0.25) is 0 Å². The minimum atomic E-state index is -0.0283. The molecule has 0 saturated carbocycles. The van der Waals surface area contributed by atoms with Gasteiger partial charge in [0.2, 0.25) is 5.56 Å². The molecule has 3 heteroatoms. The second-order valence-corrected chi connectivity index (χ2v) is 3.05. The highest BCUT2D eigenvalue weighted by molar-refractivity contribution is 5.16. The van der Waals surface area contributed by atoms with Crippen LogP contribution >= 0.6 is 0 Å². The Morgan fingerprint density at radius 1 is 1.58 bits per heavy atom. The fraction of sp³-hybridized carbons (Fsp3) is 0.444. The third-order valence-electron chi connectivity index (χ3n) is 2.20. The van der Waals surface area contributed by atoms with Crippen molar-refractivity contribution >= 4 is 0 Å². The van der Waals surface area contributed by atoms with Crippen LogP contribution in [0.1, 0.15) is 17.9 Å². The van der Waals surface area contributed by atoms with E-state index in [9.17, 15) is 4.79 Å². The molecule has 1 fully saturated rings. The Morgan fingerprint density at radius 3 is 3.17 bits per heavy atom. The Morgan fingerprint density at radius 2 is 2.50 bits per heavy atom. The first-order valence-electron chi connectivity index (χ1n) is 4.12. The van der Waals surface area contributed by atoms with Crippen molar-refractivity contribution in [1.82, 2.24) is 4.98 Å². The maximum absolute atomic E-state index is 11.0. The van der Waals surface area contributed by atoms with Crippen LogP contribution in [-0.2, 0) is 4.74 Å². The molecule has 1 N–H and O–H groups in total. The van der Waals surface area contributed by atoms with E-state index in [1.807, 2.05) is 6.07 Å². The molecule has 1 aromatic heterocycles. The predicted molar refractivity (Wildman–Crippen MR) is 45.2 cm³/mol. The van der Waals surface area contributed by atoms with Crippen molar-refractivity contribution in [2.24, 2.45) is 0 Å². The van der Waals surface area contributed by atoms with E-state index in [1.54, 1.807) is 12.3 Å². The quantitative estimate of drug-likeness (QED) is 0.671. The van der Waals surface area contributed by atoms with Crippen molar-refractivity contribution in [2.75, 3.05) is 13.2 Å². The number of hydrogen-bond donors (Lipinski definition) is 1. The second-order valence-electron chi connectivity index (χ2n) is 3.05. The van der Waals surface area contributed by atoms with Gasteiger partial charge >= 0.3 is 0 Å². The van der Waals surface area contributed by atoms with Crippen molar-refractivity contribution < 1.29 is 4.74 Å². The third-order valence-corrected chi connectivity index (χ3v) is 2.20. The topological polar surface area (TPSA) is 42.1 Å². The normalized spacial score (nSPS) is 22.8. The molecule has 1 atom stereocenters. The van der Waals surface area contributed by atoms with Crippen LogP contribution in [0.5, 0.6) is 0 Å². The molecule has 0 bridgehead atoms. The Balaban J connectivity index is 2.27. The summed E-state index contributed by atoms with van der Waals surface area (Å²) >= 11 is 0. The van der Waals surface area contributed by atoms with Gasteiger partial charge in [-0.25, -0.2) is 0 Å². The van der Waals surface area contributed by atoms with Crippen LogP contribution < -0.4 is 5.56 Å². The maximum atomic E-state index is 11.0. The summed E-state index contributed by atoms with van der Waals surface area (Å²) in [5.74, 6) is 0.423. The van der Waals surface area contributed by atoms with Gasteiger partial charge in [-0.05, 0) is 18.1 Å². The molecule has 2 rings (SSSR count). The number of H-pyrrole nitrogens is 1. The summed E-state index contributed by atoms with van der Waals surface area (Å²) in [7, 11) is 0. The highest BCUT2D eigenvalue weighted by atomic mass is 16.5. The third kappa shape index (κ3) is 1.41. The van der Waals surface area contributed by atoms with Crippen LogP contribution in [0.25, 0.3) is 0 Å². The number of hydrogen-bond acceptors (Lipinski definition) is 2. The molecular weight excluding hydrogens is 154 g/mol. The fourth-order valence-corrected chi connectivity index (χ4v) is 1.51. The van der Waals surface area contributed by atoms with Crippen molar-refractivity contribution in [2.45, 2.75) is 12.3 Å². The summed E-state index contributed by atoms with van der Waals surface area (Å²) in [5, 5.41) is 0. The van der Waals surface area contributed by atoms with E-state index >= 15 is 0 Å². The lowest BCUT2D eigenvalue weighted by molar-refractivity contribution is 0.194. The van der Waals surface area contributed by atoms with Gasteiger partial charge in [0.25, 0.3) is 0 Å². The number of rotatable bonds is 1. The van der Waals surface area contributed by atoms with Crippen LogP contribution in [0.4, 0.5) is 0 Å². The van der Waals surface area contributed by atoms with Crippen LogP contribution in [0, 0.1) is 0 Å². The maximum Gasteiger partial charge on any atom is 0.248 e. The largest absolute Gasteiger partial charge is 0.381 e. The van der Waals surface area contributed by atoms with Crippen molar-refractivity contribution in [3.05, 3.63) is 34.2 Å². The smallest absolute Gasteiger partial charge is 0.248 e. The first-order valence-corrected chi connectivity index (χ1v) is 4.12. The van der Waals surface area contributed by atoms with Crippen LogP contribution in [0.15, 0.2) is 23.1 Å². The van der Waals surface area contributed by atoms with E-state index in [1.165, 1.54) is 0 Å². The Kier molecular flexibility index (Phi) is 1.96. The number of ether oxygens (including phenoxy) is 1. The summed E-state index contributed by atoms with van der Waals surface area (Å²) in [6.45, 7) is 1.57. The summed E-state index contributed by atoms with van der Waals surface area (Å²) < 4.78 is 5.24. The summed E-state index contributed by atoms with van der Waals surface area (Å²) in [4.78, 5) is 13.5. The monoisotopic (exact) mass is 165 g/mol. The van der Waals surface area contributed by atoms with Gasteiger partial charge in [0, 0.05) is 24.8 Å². The SMILES string of the molecule is O=c1cc(C2CCOC2)cc[nH]1. The van der Waals surface area contributed by atoms with Gasteiger partial charge in [-0.15, -0.1) is 0 Å². The average molecular weight is 165 g/mol. The fourth-order valence-electron chi connectivity index (χ4n) is 1.51. The van der Waals surface area contributed by atoms with Crippen LogP contribution in [-0.4, -0.2) is 18.2 Å². The molecule has 0 radical (unpaired) electrons.